The summed E-state index contributed by atoms with van der Waals surface area (Å²) < 4.78 is 6.03. The molecule has 1 aromatic heterocycles. The van der Waals surface area contributed by atoms with Gasteiger partial charge in [0, 0.05) is 23.7 Å². The van der Waals surface area contributed by atoms with E-state index in [9.17, 15) is 4.79 Å². The van der Waals surface area contributed by atoms with Crippen molar-refractivity contribution in [3.63, 3.8) is 0 Å². The van der Waals surface area contributed by atoms with Crippen molar-refractivity contribution in [2.45, 2.75) is 51.5 Å². The molecular formula is C30H36ClN3O2. The molecule has 0 aliphatic heterocycles. The zero-order chi connectivity index (χ0) is 25.5. The summed E-state index contributed by atoms with van der Waals surface area (Å²) in [6, 6.07) is 18.0. The molecule has 1 heterocycles. The van der Waals surface area contributed by atoms with E-state index in [-0.39, 0.29) is 11.9 Å². The van der Waals surface area contributed by atoms with Crippen molar-refractivity contribution in [3.05, 3.63) is 70.9 Å². The van der Waals surface area contributed by atoms with Gasteiger partial charge in [0.15, 0.2) is 0 Å². The molecule has 1 saturated carbocycles. The van der Waals surface area contributed by atoms with Gasteiger partial charge in [0.1, 0.15) is 11.4 Å². The molecular weight excluding hydrogens is 470 g/mol. The molecule has 2 aromatic carbocycles. The summed E-state index contributed by atoms with van der Waals surface area (Å²) in [5.41, 5.74) is 5.25. The van der Waals surface area contributed by atoms with E-state index in [0.29, 0.717) is 23.1 Å². The van der Waals surface area contributed by atoms with Gasteiger partial charge in [-0.2, -0.15) is 0 Å². The molecule has 0 saturated heterocycles. The van der Waals surface area contributed by atoms with Gasteiger partial charge in [0.2, 0.25) is 0 Å². The topological polar surface area (TPSA) is 54.5 Å². The van der Waals surface area contributed by atoms with Crippen LogP contribution in [-0.4, -0.2) is 49.1 Å². The minimum atomic E-state index is -0.117. The lowest BCUT2D eigenvalue weighted by atomic mass is 9.94. The van der Waals surface area contributed by atoms with E-state index in [1.807, 2.05) is 56.6 Å². The minimum Gasteiger partial charge on any atom is -0.492 e. The molecule has 190 valence electrons. The average molecular weight is 506 g/mol. The number of ether oxygens (including phenoxy) is 1. The number of halogens is 1. The number of amides is 1. The van der Waals surface area contributed by atoms with Crippen molar-refractivity contribution in [2.75, 3.05) is 27.2 Å². The number of carbonyl (C=O) groups excluding carboxylic acids is 1. The predicted octanol–water partition coefficient (Wildman–Crippen LogP) is 6.77. The van der Waals surface area contributed by atoms with E-state index < -0.39 is 0 Å². The third-order valence-electron chi connectivity index (χ3n) is 6.72. The fourth-order valence-electron chi connectivity index (χ4n) is 4.73. The van der Waals surface area contributed by atoms with Gasteiger partial charge in [-0.25, -0.2) is 4.98 Å². The molecule has 36 heavy (non-hydrogen) atoms. The third-order valence-corrected chi connectivity index (χ3v) is 7.03. The number of aromatic nitrogens is 1. The Balaban J connectivity index is 1.68. The van der Waals surface area contributed by atoms with Crippen LogP contribution in [0, 0.1) is 6.92 Å². The van der Waals surface area contributed by atoms with Crippen molar-refractivity contribution >= 4 is 17.5 Å². The van der Waals surface area contributed by atoms with Crippen LogP contribution in [0.3, 0.4) is 0 Å². The molecule has 0 spiro atoms. The molecule has 0 radical (unpaired) electrons. The van der Waals surface area contributed by atoms with Crippen LogP contribution >= 0.6 is 11.6 Å². The Morgan fingerprint density at radius 3 is 2.58 bits per heavy atom. The van der Waals surface area contributed by atoms with Gasteiger partial charge in [0.25, 0.3) is 5.91 Å². The first kappa shape index (κ1) is 26.2. The Bertz CT molecular complexity index is 1190. The highest BCUT2D eigenvalue weighted by atomic mass is 35.5. The molecule has 1 aliphatic rings. The maximum Gasteiger partial charge on any atom is 0.270 e. The Hall–Kier alpha value is -2.89. The zero-order valence-corrected chi connectivity index (χ0v) is 22.3. The van der Waals surface area contributed by atoms with Crippen LogP contribution in [0.25, 0.3) is 22.4 Å². The number of hydrogen-bond donors (Lipinski definition) is 1. The first-order valence-corrected chi connectivity index (χ1v) is 13.3. The fraction of sp³-hybridized carbons (Fsp3) is 0.400. The second-order valence-corrected chi connectivity index (χ2v) is 10.3. The van der Waals surface area contributed by atoms with Crippen LogP contribution in [0.2, 0.25) is 5.02 Å². The summed E-state index contributed by atoms with van der Waals surface area (Å²) in [7, 11) is 4.09. The lowest BCUT2D eigenvalue weighted by Gasteiger charge is -2.23. The number of nitrogens with zero attached hydrogens (tertiary/aromatic N) is 2. The Kier molecular flexibility index (Phi) is 9.00. The maximum absolute atomic E-state index is 13.1. The van der Waals surface area contributed by atoms with Crippen molar-refractivity contribution in [1.29, 1.82) is 0 Å². The number of rotatable bonds is 9. The van der Waals surface area contributed by atoms with Gasteiger partial charge < -0.3 is 15.0 Å². The van der Waals surface area contributed by atoms with Gasteiger partial charge in [-0.1, -0.05) is 61.2 Å². The molecule has 0 atom stereocenters. The maximum atomic E-state index is 13.1. The van der Waals surface area contributed by atoms with Crippen molar-refractivity contribution < 1.29 is 9.53 Å². The first-order chi connectivity index (χ1) is 17.4. The first-order valence-electron chi connectivity index (χ1n) is 12.9. The van der Waals surface area contributed by atoms with Crippen molar-refractivity contribution in [3.8, 4) is 28.1 Å². The molecule has 0 bridgehead atoms. The van der Waals surface area contributed by atoms with Crippen LogP contribution in [0.1, 0.15) is 54.6 Å². The molecule has 6 heteroatoms. The summed E-state index contributed by atoms with van der Waals surface area (Å²) in [6.07, 6.45) is 6.54. The summed E-state index contributed by atoms with van der Waals surface area (Å²) in [6.45, 7) is 3.60. The van der Waals surface area contributed by atoms with Crippen molar-refractivity contribution in [1.82, 2.24) is 15.2 Å². The molecule has 3 aromatic rings. The van der Waals surface area contributed by atoms with Crippen molar-refractivity contribution in [2.24, 2.45) is 0 Å². The number of nitrogens with one attached hydrogen (secondary N) is 1. The van der Waals surface area contributed by atoms with E-state index >= 15 is 0 Å². The standard InChI is InChI=1S/C30H36ClN3O2/c1-21-10-7-8-13-24(21)25-15-17-27(30(35)32-23-11-5-4-6-12-23)33-29(25)22-14-16-26(31)28(20-22)36-19-9-18-34(2)3/h7-8,10,13-17,20,23H,4-6,9,11-12,18-19H2,1-3H3,(H,32,35). The summed E-state index contributed by atoms with van der Waals surface area (Å²) in [5, 5.41) is 3.76. The Morgan fingerprint density at radius 1 is 1.06 bits per heavy atom. The van der Waals surface area contributed by atoms with Gasteiger partial charge in [-0.3, -0.25) is 4.79 Å². The highest BCUT2D eigenvalue weighted by Gasteiger charge is 2.20. The molecule has 4 rings (SSSR count). The highest BCUT2D eigenvalue weighted by molar-refractivity contribution is 6.32. The highest BCUT2D eigenvalue weighted by Crippen LogP contribution is 2.36. The van der Waals surface area contributed by atoms with Gasteiger partial charge in [-0.15, -0.1) is 0 Å². The van der Waals surface area contributed by atoms with E-state index in [2.05, 4.69) is 29.3 Å². The van der Waals surface area contributed by atoms with Gasteiger partial charge in [0.05, 0.1) is 17.3 Å². The van der Waals surface area contributed by atoms with E-state index in [0.717, 1.165) is 66.6 Å². The fourth-order valence-corrected chi connectivity index (χ4v) is 4.90. The monoisotopic (exact) mass is 505 g/mol. The number of hydrogen-bond acceptors (Lipinski definition) is 4. The second kappa shape index (κ2) is 12.4. The average Bonchev–Trinajstić information content (AvgIpc) is 2.88. The SMILES string of the molecule is Cc1ccccc1-c1ccc(C(=O)NC2CCCCC2)nc1-c1ccc(Cl)c(OCCCN(C)C)c1. The molecule has 0 unspecified atom stereocenters. The predicted molar refractivity (Wildman–Crippen MR) is 148 cm³/mol. The van der Waals surface area contributed by atoms with Crippen LogP contribution in [0.15, 0.2) is 54.6 Å². The molecule has 1 amide bonds. The summed E-state index contributed by atoms with van der Waals surface area (Å²) in [5.74, 6) is 0.510. The summed E-state index contributed by atoms with van der Waals surface area (Å²) >= 11 is 6.48. The van der Waals surface area contributed by atoms with E-state index in [1.165, 1.54) is 6.42 Å². The Morgan fingerprint density at radius 2 is 1.83 bits per heavy atom. The lowest BCUT2D eigenvalue weighted by Crippen LogP contribution is -2.36. The largest absolute Gasteiger partial charge is 0.492 e. The van der Waals surface area contributed by atoms with Gasteiger partial charge in [-0.05, 0) is 75.7 Å². The second-order valence-electron chi connectivity index (χ2n) is 9.87. The van der Waals surface area contributed by atoms with Crippen LogP contribution in [0.4, 0.5) is 0 Å². The quantitative estimate of drug-likeness (QED) is 0.326. The van der Waals surface area contributed by atoms with Crippen LogP contribution in [0.5, 0.6) is 5.75 Å². The van der Waals surface area contributed by atoms with E-state index in [4.69, 9.17) is 21.3 Å². The smallest absolute Gasteiger partial charge is 0.270 e. The van der Waals surface area contributed by atoms with Crippen LogP contribution < -0.4 is 10.1 Å². The number of aryl methyl sites for hydroxylation is 1. The van der Waals surface area contributed by atoms with Gasteiger partial charge >= 0.3 is 0 Å². The molecule has 5 nitrogen and oxygen atoms in total. The third kappa shape index (κ3) is 6.65. The number of benzene rings is 2. The zero-order valence-electron chi connectivity index (χ0n) is 21.5. The number of pyridine rings is 1. The normalized spacial score (nSPS) is 14.1. The Labute approximate surface area is 219 Å². The minimum absolute atomic E-state index is 0.117. The van der Waals surface area contributed by atoms with E-state index in [1.54, 1.807) is 0 Å². The molecule has 1 N–H and O–H groups in total. The summed E-state index contributed by atoms with van der Waals surface area (Å²) in [4.78, 5) is 20.2. The molecule has 1 aliphatic carbocycles. The number of carbonyl (C=O) groups is 1. The van der Waals surface area contributed by atoms with Crippen LogP contribution in [-0.2, 0) is 0 Å². The molecule has 1 fully saturated rings. The lowest BCUT2D eigenvalue weighted by molar-refractivity contribution is 0.0923.